The summed E-state index contributed by atoms with van der Waals surface area (Å²) in [4.78, 5) is 0. The summed E-state index contributed by atoms with van der Waals surface area (Å²) in [6.45, 7) is 7.72. The molecule has 0 atom stereocenters. The van der Waals surface area contributed by atoms with Gasteiger partial charge in [-0.1, -0.05) is 13.8 Å². The molecule has 3 nitrogen and oxygen atoms in total. The fourth-order valence-electron chi connectivity index (χ4n) is 3.14. The van der Waals surface area contributed by atoms with Crippen LogP contribution < -0.4 is 5.73 Å². The van der Waals surface area contributed by atoms with Crippen LogP contribution in [0.2, 0.25) is 0 Å². The maximum atomic E-state index is 6.57. The minimum Gasteiger partial charge on any atom is -0.325 e. The van der Waals surface area contributed by atoms with Gasteiger partial charge < -0.3 is 5.73 Å². The maximum absolute atomic E-state index is 6.57. The third-order valence-corrected chi connectivity index (χ3v) is 4.54. The molecule has 3 heteroatoms. The molecule has 0 spiro atoms. The molecular weight excluding hydrogens is 222 g/mol. The Labute approximate surface area is 111 Å². The molecule has 1 aliphatic carbocycles. The van der Waals surface area contributed by atoms with Gasteiger partial charge in [-0.3, -0.25) is 4.68 Å². The van der Waals surface area contributed by atoms with Gasteiger partial charge in [0.05, 0.1) is 6.20 Å². The molecule has 18 heavy (non-hydrogen) atoms. The van der Waals surface area contributed by atoms with Crippen LogP contribution in [0.3, 0.4) is 0 Å². The van der Waals surface area contributed by atoms with E-state index in [0.717, 1.165) is 37.6 Å². The van der Waals surface area contributed by atoms with E-state index in [1.807, 2.05) is 10.9 Å². The highest BCUT2D eigenvalue weighted by Gasteiger charge is 2.32. The SMILES string of the molecule is CCn1cc(CC2(N)CCC(C(C)C)CC2)cn1. The molecule has 0 aliphatic heterocycles. The number of hydrogen-bond donors (Lipinski definition) is 1. The lowest BCUT2D eigenvalue weighted by molar-refractivity contribution is 0.194. The van der Waals surface area contributed by atoms with E-state index in [1.54, 1.807) is 0 Å². The van der Waals surface area contributed by atoms with Crippen molar-refractivity contribution in [3.63, 3.8) is 0 Å². The predicted molar refractivity (Wildman–Crippen MR) is 75.3 cm³/mol. The van der Waals surface area contributed by atoms with E-state index in [-0.39, 0.29) is 5.54 Å². The summed E-state index contributed by atoms with van der Waals surface area (Å²) in [5, 5.41) is 4.34. The summed E-state index contributed by atoms with van der Waals surface area (Å²) in [6, 6.07) is 0. The molecular formula is C15H27N3. The van der Waals surface area contributed by atoms with Gasteiger partial charge in [0.15, 0.2) is 0 Å². The molecule has 2 N–H and O–H groups in total. The Morgan fingerprint density at radius 1 is 1.44 bits per heavy atom. The molecule has 102 valence electrons. The lowest BCUT2D eigenvalue weighted by Gasteiger charge is -2.38. The van der Waals surface area contributed by atoms with Crippen molar-refractivity contribution in [2.45, 2.75) is 65.0 Å². The zero-order valence-electron chi connectivity index (χ0n) is 12.0. The van der Waals surface area contributed by atoms with E-state index in [4.69, 9.17) is 5.73 Å². The minimum atomic E-state index is 0.00694. The lowest BCUT2D eigenvalue weighted by atomic mass is 9.71. The highest BCUT2D eigenvalue weighted by Crippen LogP contribution is 2.36. The zero-order valence-corrected chi connectivity index (χ0v) is 12.0. The van der Waals surface area contributed by atoms with Crippen molar-refractivity contribution in [2.24, 2.45) is 17.6 Å². The molecule has 0 bridgehead atoms. The second-order valence-electron chi connectivity index (χ2n) is 6.32. The minimum absolute atomic E-state index is 0.00694. The molecule has 1 aliphatic rings. The second-order valence-corrected chi connectivity index (χ2v) is 6.32. The zero-order chi connectivity index (χ0) is 13.2. The Kier molecular flexibility index (Phi) is 4.10. The number of nitrogens with zero attached hydrogens (tertiary/aromatic N) is 2. The van der Waals surface area contributed by atoms with Gasteiger partial charge in [-0.25, -0.2) is 0 Å². The van der Waals surface area contributed by atoms with Gasteiger partial charge >= 0.3 is 0 Å². The van der Waals surface area contributed by atoms with E-state index in [1.165, 1.54) is 18.4 Å². The van der Waals surface area contributed by atoms with Gasteiger partial charge in [0, 0.05) is 18.3 Å². The maximum Gasteiger partial charge on any atom is 0.0522 e. The van der Waals surface area contributed by atoms with Gasteiger partial charge in [-0.05, 0) is 56.4 Å². The molecule has 0 saturated heterocycles. The van der Waals surface area contributed by atoms with Crippen molar-refractivity contribution in [3.05, 3.63) is 18.0 Å². The van der Waals surface area contributed by atoms with Crippen LogP contribution in [0.4, 0.5) is 0 Å². The predicted octanol–water partition coefficient (Wildman–Crippen LogP) is 2.99. The molecule has 2 rings (SSSR count). The third-order valence-electron chi connectivity index (χ3n) is 4.54. The Hall–Kier alpha value is -0.830. The monoisotopic (exact) mass is 249 g/mol. The van der Waals surface area contributed by atoms with Crippen LogP contribution in [0.25, 0.3) is 0 Å². The third kappa shape index (κ3) is 3.14. The van der Waals surface area contributed by atoms with Gasteiger partial charge in [-0.2, -0.15) is 5.10 Å². The van der Waals surface area contributed by atoms with Crippen molar-refractivity contribution in [3.8, 4) is 0 Å². The molecule has 1 heterocycles. The summed E-state index contributed by atoms with van der Waals surface area (Å²) in [6.07, 6.45) is 10.0. The highest BCUT2D eigenvalue weighted by atomic mass is 15.3. The van der Waals surface area contributed by atoms with Crippen molar-refractivity contribution < 1.29 is 0 Å². The summed E-state index contributed by atoms with van der Waals surface area (Å²) in [5.74, 6) is 1.68. The van der Waals surface area contributed by atoms with Gasteiger partial charge in [0.25, 0.3) is 0 Å². The van der Waals surface area contributed by atoms with Crippen LogP contribution in [-0.4, -0.2) is 15.3 Å². The first-order chi connectivity index (χ1) is 8.52. The number of aryl methyl sites for hydroxylation is 1. The molecule has 1 fully saturated rings. The van der Waals surface area contributed by atoms with Crippen molar-refractivity contribution in [1.29, 1.82) is 0 Å². The summed E-state index contributed by atoms with van der Waals surface area (Å²) in [5.41, 5.74) is 7.87. The first kappa shape index (κ1) is 13.6. The Bertz CT molecular complexity index is 373. The van der Waals surface area contributed by atoms with Gasteiger partial charge in [0.1, 0.15) is 0 Å². The van der Waals surface area contributed by atoms with E-state index in [2.05, 4.69) is 32.1 Å². The Balaban J connectivity index is 1.93. The van der Waals surface area contributed by atoms with Crippen LogP contribution in [0.15, 0.2) is 12.4 Å². The normalized spacial score (nSPS) is 28.8. The molecule has 1 aromatic rings. The average molecular weight is 249 g/mol. The van der Waals surface area contributed by atoms with Crippen molar-refractivity contribution in [1.82, 2.24) is 9.78 Å². The molecule has 0 radical (unpaired) electrons. The van der Waals surface area contributed by atoms with Crippen LogP contribution in [-0.2, 0) is 13.0 Å². The number of aromatic nitrogens is 2. The van der Waals surface area contributed by atoms with Gasteiger partial charge in [0.2, 0.25) is 0 Å². The van der Waals surface area contributed by atoms with Gasteiger partial charge in [-0.15, -0.1) is 0 Å². The Morgan fingerprint density at radius 2 is 2.11 bits per heavy atom. The van der Waals surface area contributed by atoms with E-state index < -0.39 is 0 Å². The molecule has 0 amide bonds. The second kappa shape index (κ2) is 5.43. The molecule has 1 aromatic heterocycles. The molecule has 1 saturated carbocycles. The summed E-state index contributed by atoms with van der Waals surface area (Å²) in [7, 11) is 0. The summed E-state index contributed by atoms with van der Waals surface area (Å²) >= 11 is 0. The van der Waals surface area contributed by atoms with Crippen LogP contribution in [0, 0.1) is 11.8 Å². The van der Waals surface area contributed by atoms with Crippen LogP contribution >= 0.6 is 0 Å². The first-order valence-corrected chi connectivity index (χ1v) is 7.32. The van der Waals surface area contributed by atoms with E-state index >= 15 is 0 Å². The Morgan fingerprint density at radius 3 is 2.61 bits per heavy atom. The first-order valence-electron chi connectivity index (χ1n) is 7.32. The lowest BCUT2D eigenvalue weighted by Crippen LogP contribution is -2.45. The number of nitrogens with two attached hydrogens (primary N) is 1. The fraction of sp³-hybridized carbons (Fsp3) is 0.800. The number of rotatable bonds is 4. The van der Waals surface area contributed by atoms with Crippen molar-refractivity contribution >= 4 is 0 Å². The summed E-state index contributed by atoms with van der Waals surface area (Å²) < 4.78 is 1.98. The van der Waals surface area contributed by atoms with E-state index in [9.17, 15) is 0 Å². The van der Waals surface area contributed by atoms with E-state index in [0.29, 0.717) is 0 Å². The number of hydrogen-bond acceptors (Lipinski definition) is 2. The fourth-order valence-corrected chi connectivity index (χ4v) is 3.14. The highest BCUT2D eigenvalue weighted by molar-refractivity contribution is 5.10. The van der Waals surface area contributed by atoms with Crippen LogP contribution in [0.1, 0.15) is 52.0 Å². The quantitative estimate of drug-likeness (QED) is 0.891. The van der Waals surface area contributed by atoms with Crippen molar-refractivity contribution in [2.75, 3.05) is 0 Å². The largest absolute Gasteiger partial charge is 0.325 e. The molecule has 0 unspecified atom stereocenters. The van der Waals surface area contributed by atoms with Crippen LogP contribution in [0.5, 0.6) is 0 Å². The average Bonchev–Trinajstić information content (AvgIpc) is 2.76. The standard InChI is InChI=1S/C15H27N3/c1-4-18-11-13(10-17-18)9-15(16)7-5-14(6-8-15)12(2)3/h10-12,14H,4-9,16H2,1-3H3. The molecule has 0 aromatic carbocycles. The topological polar surface area (TPSA) is 43.8 Å². The smallest absolute Gasteiger partial charge is 0.0522 e.